The Bertz CT molecular complexity index is 1040. The molecule has 0 atom stereocenters. The Hall–Kier alpha value is -3.22. The van der Waals surface area contributed by atoms with Gasteiger partial charge in [-0.3, -0.25) is 9.67 Å². The standard InChI is InChI=1S/C22H23FN4O2/c1-22(2,3)29-21(28)26-12-13-27-18(14-26)19(15-8-10-24-11-9-15)20(25-27)16-6-4-5-7-17(16)23/h4-11H,12-14H2,1-3H3. The van der Waals surface area contributed by atoms with Gasteiger partial charge in [0.25, 0.3) is 0 Å². The zero-order valence-corrected chi connectivity index (χ0v) is 16.7. The molecule has 150 valence electrons. The van der Waals surface area contributed by atoms with Crippen molar-refractivity contribution in [1.82, 2.24) is 19.7 Å². The third-order valence-electron chi connectivity index (χ3n) is 4.73. The average Bonchev–Trinajstić information content (AvgIpc) is 3.06. The van der Waals surface area contributed by atoms with Crippen molar-refractivity contribution in [1.29, 1.82) is 0 Å². The van der Waals surface area contributed by atoms with E-state index in [1.807, 2.05) is 37.6 Å². The van der Waals surface area contributed by atoms with E-state index in [4.69, 9.17) is 9.84 Å². The first-order valence-corrected chi connectivity index (χ1v) is 9.56. The maximum Gasteiger partial charge on any atom is 0.410 e. The number of halogens is 1. The van der Waals surface area contributed by atoms with E-state index in [0.717, 1.165) is 16.8 Å². The number of rotatable bonds is 2. The highest BCUT2D eigenvalue weighted by Crippen LogP contribution is 2.37. The fourth-order valence-electron chi connectivity index (χ4n) is 3.46. The molecular weight excluding hydrogens is 371 g/mol. The number of carbonyl (C=O) groups excluding carboxylic acids is 1. The van der Waals surface area contributed by atoms with E-state index in [1.165, 1.54) is 6.07 Å². The zero-order chi connectivity index (χ0) is 20.6. The molecule has 0 bridgehead atoms. The summed E-state index contributed by atoms with van der Waals surface area (Å²) >= 11 is 0. The molecule has 0 radical (unpaired) electrons. The lowest BCUT2D eigenvalue weighted by Gasteiger charge is -2.30. The van der Waals surface area contributed by atoms with Crippen LogP contribution in [0.2, 0.25) is 0 Å². The quantitative estimate of drug-likeness (QED) is 0.642. The molecule has 1 amide bonds. The fraction of sp³-hybridized carbons (Fsp3) is 0.318. The molecule has 4 rings (SSSR count). The van der Waals surface area contributed by atoms with Crippen LogP contribution in [0.3, 0.4) is 0 Å². The number of nitrogens with zero attached hydrogens (tertiary/aromatic N) is 4. The Labute approximate surface area is 168 Å². The number of fused-ring (bicyclic) bond motifs is 1. The topological polar surface area (TPSA) is 60.2 Å². The number of ether oxygens (including phenoxy) is 1. The van der Waals surface area contributed by atoms with Gasteiger partial charge in [0.1, 0.15) is 17.1 Å². The third-order valence-corrected chi connectivity index (χ3v) is 4.73. The van der Waals surface area contributed by atoms with Gasteiger partial charge in [0, 0.05) is 30.1 Å². The van der Waals surface area contributed by atoms with Crippen molar-refractivity contribution in [2.24, 2.45) is 0 Å². The molecule has 7 heteroatoms. The van der Waals surface area contributed by atoms with Crippen molar-refractivity contribution in [3.8, 4) is 22.4 Å². The minimum absolute atomic E-state index is 0.331. The number of pyridine rings is 1. The molecule has 1 aromatic carbocycles. The third kappa shape index (κ3) is 3.85. The molecule has 6 nitrogen and oxygen atoms in total. The normalized spacial score (nSPS) is 13.9. The van der Waals surface area contributed by atoms with Crippen molar-refractivity contribution < 1.29 is 13.9 Å². The number of amides is 1. The van der Waals surface area contributed by atoms with Crippen LogP contribution in [0.25, 0.3) is 22.4 Å². The molecule has 3 heterocycles. The van der Waals surface area contributed by atoms with Gasteiger partial charge in [-0.2, -0.15) is 5.10 Å². The molecule has 3 aromatic rings. The predicted octanol–water partition coefficient (Wildman–Crippen LogP) is 4.50. The summed E-state index contributed by atoms with van der Waals surface area (Å²) in [5.41, 5.74) is 2.98. The number of carbonyl (C=O) groups is 1. The molecule has 0 aliphatic carbocycles. The van der Waals surface area contributed by atoms with E-state index in [9.17, 15) is 9.18 Å². The molecular formula is C22H23FN4O2. The second-order valence-electron chi connectivity index (χ2n) is 8.01. The number of benzene rings is 1. The van der Waals surface area contributed by atoms with Crippen molar-refractivity contribution in [2.45, 2.75) is 39.5 Å². The molecule has 29 heavy (non-hydrogen) atoms. The van der Waals surface area contributed by atoms with Gasteiger partial charge in [0.15, 0.2) is 0 Å². The van der Waals surface area contributed by atoms with E-state index in [-0.39, 0.29) is 11.9 Å². The SMILES string of the molecule is CC(C)(C)OC(=O)N1CCn2nc(-c3ccccc3F)c(-c3ccncc3)c2C1. The minimum Gasteiger partial charge on any atom is -0.444 e. The summed E-state index contributed by atoms with van der Waals surface area (Å²) in [5, 5.41) is 4.70. The van der Waals surface area contributed by atoms with Crippen LogP contribution < -0.4 is 0 Å². The van der Waals surface area contributed by atoms with Crippen molar-refractivity contribution >= 4 is 6.09 Å². The van der Waals surface area contributed by atoms with E-state index >= 15 is 0 Å². The lowest BCUT2D eigenvalue weighted by atomic mass is 9.98. The average molecular weight is 394 g/mol. The maximum atomic E-state index is 14.6. The Morgan fingerprint density at radius 2 is 1.83 bits per heavy atom. The van der Waals surface area contributed by atoms with Crippen LogP contribution in [-0.2, 0) is 17.8 Å². The highest BCUT2D eigenvalue weighted by Gasteiger charge is 2.30. The van der Waals surface area contributed by atoms with E-state index in [0.29, 0.717) is 30.9 Å². The molecule has 0 N–H and O–H groups in total. The summed E-state index contributed by atoms with van der Waals surface area (Å²) in [5.74, 6) is -0.331. The molecule has 2 aromatic heterocycles. The van der Waals surface area contributed by atoms with Gasteiger partial charge in [0.05, 0.1) is 18.8 Å². The van der Waals surface area contributed by atoms with Gasteiger partial charge < -0.3 is 9.64 Å². The maximum absolute atomic E-state index is 14.6. The lowest BCUT2D eigenvalue weighted by molar-refractivity contribution is 0.0195. The Kier molecular flexibility index (Phi) is 4.82. The van der Waals surface area contributed by atoms with Gasteiger partial charge in [-0.15, -0.1) is 0 Å². The van der Waals surface area contributed by atoms with Crippen molar-refractivity contribution in [3.05, 3.63) is 60.3 Å². The van der Waals surface area contributed by atoms with Gasteiger partial charge in [-0.25, -0.2) is 9.18 Å². The summed E-state index contributed by atoms with van der Waals surface area (Å²) in [6.07, 6.45) is 3.02. The Balaban J connectivity index is 1.80. The van der Waals surface area contributed by atoms with Crippen LogP contribution >= 0.6 is 0 Å². The first-order valence-electron chi connectivity index (χ1n) is 9.56. The van der Waals surface area contributed by atoms with Gasteiger partial charge in [-0.05, 0) is 50.6 Å². The highest BCUT2D eigenvalue weighted by atomic mass is 19.1. The fourth-order valence-corrected chi connectivity index (χ4v) is 3.46. The summed E-state index contributed by atoms with van der Waals surface area (Å²) < 4.78 is 22.0. The number of hydrogen-bond donors (Lipinski definition) is 0. The summed E-state index contributed by atoms with van der Waals surface area (Å²) in [6.45, 7) is 6.87. The van der Waals surface area contributed by atoms with Gasteiger partial charge in [0.2, 0.25) is 0 Å². The second kappa shape index (κ2) is 7.31. The van der Waals surface area contributed by atoms with Gasteiger partial charge in [-0.1, -0.05) is 12.1 Å². The molecule has 0 fully saturated rings. The molecule has 0 spiro atoms. The molecule has 0 saturated carbocycles. The first-order chi connectivity index (χ1) is 13.8. The van der Waals surface area contributed by atoms with Crippen LogP contribution in [0.15, 0.2) is 48.8 Å². The van der Waals surface area contributed by atoms with E-state index in [2.05, 4.69) is 4.98 Å². The Morgan fingerprint density at radius 1 is 1.10 bits per heavy atom. The lowest BCUT2D eigenvalue weighted by Crippen LogP contribution is -2.41. The largest absolute Gasteiger partial charge is 0.444 e. The summed E-state index contributed by atoms with van der Waals surface area (Å²) in [7, 11) is 0. The van der Waals surface area contributed by atoms with E-state index < -0.39 is 5.60 Å². The van der Waals surface area contributed by atoms with Crippen LogP contribution in [0, 0.1) is 5.82 Å². The second-order valence-corrected chi connectivity index (χ2v) is 8.01. The van der Waals surface area contributed by atoms with Gasteiger partial charge >= 0.3 is 6.09 Å². The zero-order valence-electron chi connectivity index (χ0n) is 16.7. The summed E-state index contributed by atoms with van der Waals surface area (Å²) in [4.78, 5) is 18.4. The highest BCUT2D eigenvalue weighted by molar-refractivity contribution is 5.83. The minimum atomic E-state index is -0.568. The smallest absolute Gasteiger partial charge is 0.410 e. The molecule has 1 aliphatic rings. The molecule has 0 saturated heterocycles. The van der Waals surface area contributed by atoms with Crippen LogP contribution in [0.4, 0.5) is 9.18 Å². The number of hydrogen-bond acceptors (Lipinski definition) is 4. The first kappa shape index (κ1) is 19.1. The Morgan fingerprint density at radius 3 is 2.52 bits per heavy atom. The van der Waals surface area contributed by atoms with Crippen LogP contribution in [-0.4, -0.2) is 37.9 Å². The van der Waals surface area contributed by atoms with Crippen LogP contribution in [0.5, 0.6) is 0 Å². The van der Waals surface area contributed by atoms with Crippen molar-refractivity contribution in [3.63, 3.8) is 0 Å². The molecule has 0 unspecified atom stereocenters. The monoisotopic (exact) mass is 394 g/mol. The van der Waals surface area contributed by atoms with Crippen molar-refractivity contribution in [2.75, 3.05) is 6.54 Å². The van der Waals surface area contributed by atoms with Crippen LogP contribution in [0.1, 0.15) is 26.5 Å². The predicted molar refractivity (Wildman–Crippen MR) is 107 cm³/mol. The van der Waals surface area contributed by atoms with E-state index in [1.54, 1.807) is 35.5 Å². The summed E-state index contributed by atoms with van der Waals surface area (Å²) in [6, 6.07) is 10.3. The molecule has 1 aliphatic heterocycles. The number of aromatic nitrogens is 3.